The Morgan fingerprint density at radius 2 is 1.74 bits per heavy atom. The predicted molar refractivity (Wildman–Crippen MR) is 65.2 cm³/mol. The highest BCUT2D eigenvalue weighted by Gasteiger charge is 2.15. The number of methoxy groups -OCH3 is 2. The van der Waals surface area contributed by atoms with Crippen LogP contribution in [0.5, 0.6) is 0 Å². The first-order valence-electron chi connectivity index (χ1n) is 5.31. The fourth-order valence-electron chi connectivity index (χ4n) is 1.62. The first kappa shape index (κ1) is 12.8. The average molecular weight is 262 g/mol. The molecule has 0 saturated heterocycles. The van der Waals surface area contributed by atoms with Crippen molar-refractivity contribution in [3.05, 3.63) is 45.8 Å². The fraction of sp³-hybridized carbons (Fsp3) is 0.154. The van der Waals surface area contributed by atoms with Gasteiger partial charge in [-0.1, -0.05) is 0 Å². The monoisotopic (exact) mass is 262 g/mol. The first-order valence-corrected chi connectivity index (χ1v) is 5.31. The molecule has 1 aromatic carbocycles. The number of carbonyl (C=O) groups is 2. The Labute approximate surface area is 107 Å². The van der Waals surface area contributed by atoms with Gasteiger partial charge in [0.25, 0.3) is 0 Å². The lowest BCUT2D eigenvalue weighted by Crippen LogP contribution is -2.15. The van der Waals surface area contributed by atoms with Gasteiger partial charge in [-0.15, -0.1) is 0 Å². The second-order valence-electron chi connectivity index (χ2n) is 3.68. The molecule has 0 spiro atoms. The molecule has 98 valence electrons. The van der Waals surface area contributed by atoms with Gasteiger partial charge in [0.1, 0.15) is 11.1 Å². The van der Waals surface area contributed by atoms with Crippen LogP contribution < -0.4 is 5.63 Å². The van der Waals surface area contributed by atoms with Gasteiger partial charge in [0.05, 0.1) is 19.8 Å². The molecule has 1 heterocycles. The summed E-state index contributed by atoms with van der Waals surface area (Å²) in [5, 5.41) is 0.433. The van der Waals surface area contributed by atoms with E-state index in [2.05, 4.69) is 9.47 Å². The largest absolute Gasteiger partial charge is 0.465 e. The zero-order valence-corrected chi connectivity index (χ0v) is 10.3. The number of carbonyl (C=O) groups excluding carboxylic acids is 2. The Morgan fingerprint density at radius 1 is 1.05 bits per heavy atom. The van der Waals surface area contributed by atoms with E-state index in [1.54, 1.807) is 0 Å². The van der Waals surface area contributed by atoms with E-state index in [0.29, 0.717) is 10.9 Å². The van der Waals surface area contributed by atoms with Crippen LogP contribution in [0, 0.1) is 0 Å². The van der Waals surface area contributed by atoms with Crippen LogP contribution >= 0.6 is 0 Å². The molecule has 0 unspecified atom stereocenters. The highest BCUT2D eigenvalue weighted by atomic mass is 16.5. The Hall–Kier alpha value is -2.63. The maximum Gasteiger partial charge on any atom is 0.351 e. The van der Waals surface area contributed by atoms with Crippen molar-refractivity contribution in [2.75, 3.05) is 14.2 Å². The summed E-state index contributed by atoms with van der Waals surface area (Å²) in [5.41, 5.74) is -0.452. The Balaban J connectivity index is 2.64. The number of hydrogen-bond acceptors (Lipinski definition) is 6. The van der Waals surface area contributed by atoms with E-state index in [4.69, 9.17) is 4.42 Å². The number of esters is 2. The molecule has 0 aliphatic heterocycles. The minimum Gasteiger partial charge on any atom is -0.465 e. The molecule has 0 N–H and O–H groups in total. The average Bonchev–Trinajstić information content (AvgIpc) is 2.44. The number of fused-ring (bicyclic) bond motifs is 1. The third-order valence-corrected chi connectivity index (χ3v) is 2.56. The van der Waals surface area contributed by atoms with Gasteiger partial charge in [-0.25, -0.2) is 14.4 Å². The van der Waals surface area contributed by atoms with Crippen molar-refractivity contribution in [3.8, 4) is 0 Å². The zero-order chi connectivity index (χ0) is 14.0. The van der Waals surface area contributed by atoms with E-state index in [1.165, 1.54) is 31.4 Å². The first-order chi connectivity index (χ1) is 9.06. The molecular weight excluding hydrogens is 252 g/mol. The minimum atomic E-state index is -0.792. The topological polar surface area (TPSA) is 82.8 Å². The molecule has 2 aromatic rings. The number of hydrogen-bond donors (Lipinski definition) is 0. The summed E-state index contributed by atoms with van der Waals surface area (Å²) in [6.45, 7) is 0. The smallest absolute Gasteiger partial charge is 0.351 e. The van der Waals surface area contributed by atoms with Gasteiger partial charge in [0, 0.05) is 5.39 Å². The van der Waals surface area contributed by atoms with Crippen LogP contribution in [0.15, 0.2) is 33.5 Å². The summed E-state index contributed by atoms with van der Waals surface area (Å²) >= 11 is 0. The van der Waals surface area contributed by atoms with Crippen LogP contribution in [0.3, 0.4) is 0 Å². The Morgan fingerprint density at radius 3 is 2.37 bits per heavy atom. The van der Waals surface area contributed by atoms with Gasteiger partial charge >= 0.3 is 17.6 Å². The molecule has 6 heteroatoms. The molecule has 0 radical (unpaired) electrons. The SMILES string of the molecule is COC(=O)c1ccc2oc(=O)c(C(=O)OC)cc2c1. The van der Waals surface area contributed by atoms with E-state index in [1.807, 2.05) is 0 Å². The molecular formula is C13H10O6. The van der Waals surface area contributed by atoms with Crippen LogP contribution in [0.2, 0.25) is 0 Å². The van der Waals surface area contributed by atoms with Crippen LogP contribution in [-0.4, -0.2) is 26.2 Å². The molecule has 19 heavy (non-hydrogen) atoms. The number of ether oxygens (including phenoxy) is 2. The summed E-state index contributed by atoms with van der Waals surface area (Å²) in [7, 11) is 2.42. The number of rotatable bonds is 2. The van der Waals surface area contributed by atoms with E-state index < -0.39 is 17.6 Å². The van der Waals surface area contributed by atoms with E-state index in [0.717, 1.165) is 7.11 Å². The molecule has 0 amide bonds. The van der Waals surface area contributed by atoms with Crippen LogP contribution in [-0.2, 0) is 9.47 Å². The van der Waals surface area contributed by atoms with Crippen molar-refractivity contribution in [1.82, 2.24) is 0 Å². The second-order valence-corrected chi connectivity index (χ2v) is 3.68. The van der Waals surface area contributed by atoms with Gasteiger partial charge in [-0.3, -0.25) is 0 Å². The van der Waals surface area contributed by atoms with Crippen molar-refractivity contribution in [2.24, 2.45) is 0 Å². The fourth-order valence-corrected chi connectivity index (χ4v) is 1.62. The lowest BCUT2D eigenvalue weighted by molar-refractivity contribution is 0.0590. The molecule has 6 nitrogen and oxygen atoms in total. The van der Waals surface area contributed by atoms with Crippen molar-refractivity contribution in [1.29, 1.82) is 0 Å². The summed E-state index contributed by atoms with van der Waals surface area (Å²) in [6, 6.07) is 5.72. The maximum atomic E-state index is 11.5. The zero-order valence-electron chi connectivity index (χ0n) is 10.3. The second kappa shape index (κ2) is 4.93. The van der Waals surface area contributed by atoms with Gasteiger partial charge in [-0.2, -0.15) is 0 Å². The summed E-state index contributed by atoms with van der Waals surface area (Å²) in [4.78, 5) is 34.3. The standard InChI is InChI=1S/C13H10O6/c1-17-11(14)7-3-4-10-8(5-7)6-9(12(15)18-2)13(16)19-10/h3-6H,1-2H3. The maximum absolute atomic E-state index is 11.5. The predicted octanol–water partition coefficient (Wildman–Crippen LogP) is 1.37. The van der Waals surface area contributed by atoms with E-state index >= 15 is 0 Å². The molecule has 0 bridgehead atoms. The van der Waals surface area contributed by atoms with E-state index in [-0.39, 0.29) is 11.1 Å². The lowest BCUT2D eigenvalue weighted by atomic mass is 10.1. The Kier molecular flexibility index (Phi) is 3.33. The van der Waals surface area contributed by atoms with Gasteiger partial charge in [0.2, 0.25) is 0 Å². The van der Waals surface area contributed by atoms with Crippen LogP contribution in [0.1, 0.15) is 20.7 Å². The highest BCUT2D eigenvalue weighted by molar-refractivity contribution is 5.96. The van der Waals surface area contributed by atoms with Gasteiger partial charge in [-0.05, 0) is 24.3 Å². The molecule has 2 rings (SSSR count). The highest BCUT2D eigenvalue weighted by Crippen LogP contribution is 2.16. The summed E-state index contributed by atoms with van der Waals surface area (Å²) in [5.74, 6) is -1.31. The lowest BCUT2D eigenvalue weighted by Gasteiger charge is -2.03. The quantitative estimate of drug-likeness (QED) is 0.600. The van der Waals surface area contributed by atoms with Crippen molar-refractivity contribution < 1.29 is 23.5 Å². The molecule has 0 saturated carbocycles. The third-order valence-electron chi connectivity index (χ3n) is 2.56. The normalized spacial score (nSPS) is 10.2. The van der Waals surface area contributed by atoms with E-state index in [9.17, 15) is 14.4 Å². The Bertz CT molecular complexity index is 713. The molecule has 1 aromatic heterocycles. The van der Waals surface area contributed by atoms with Gasteiger partial charge in [0.15, 0.2) is 0 Å². The third kappa shape index (κ3) is 2.33. The number of benzene rings is 1. The van der Waals surface area contributed by atoms with Crippen LogP contribution in [0.25, 0.3) is 11.0 Å². The molecule has 0 atom stereocenters. The van der Waals surface area contributed by atoms with Crippen molar-refractivity contribution in [2.45, 2.75) is 0 Å². The minimum absolute atomic E-state index is 0.225. The molecule has 0 fully saturated rings. The molecule has 0 aliphatic carbocycles. The van der Waals surface area contributed by atoms with Crippen LogP contribution in [0.4, 0.5) is 0 Å². The summed E-state index contributed by atoms with van der Waals surface area (Å²) in [6.07, 6.45) is 0. The molecule has 0 aliphatic rings. The van der Waals surface area contributed by atoms with Gasteiger partial charge < -0.3 is 13.9 Å². The summed E-state index contributed by atoms with van der Waals surface area (Å²) < 4.78 is 14.0. The van der Waals surface area contributed by atoms with Crippen molar-refractivity contribution in [3.63, 3.8) is 0 Å². The van der Waals surface area contributed by atoms with Crippen molar-refractivity contribution >= 4 is 22.9 Å².